The summed E-state index contributed by atoms with van der Waals surface area (Å²) < 4.78 is 38.3. The zero-order chi connectivity index (χ0) is 24.1. The van der Waals surface area contributed by atoms with Crippen molar-refractivity contribution in [1.82, 2.24) is 9.62 Å². The fourth-order valence-electron chi connectivity index (χ4n) is 3.57. The molecule has 8 nitrogen and oxygen atoms in total. The van der Waals surface area contributed by atoms with Crippen LogP contribution < -0.4 is 14.2 Å². The predicted molar refractivity (Wildman–Crippen MR) is 131 cm³/mol. The zero-order valence-corrected chi connectivity index (χ0v) is 20.5. The molecule has 1 aliphatic heterocycles. The molecule has 2 aromatic carbocycles. The molecule has 1 amide bonds. The molecule has 3 aromatic rings. The van der Waals surface area contributed by atoms with Gasteiger partial charge in [0.15, 0.2) is 11.5 Å². The molecule has 178 valence electrons. The number of likely N-dealkylation sites (N-methyl/N-ethyl adjacent to an activating group) is 1. The van der Waals surface area contributed by atoms with Gasteiger partial charge in [-0.2, -0.15) is 0 Å². The molecule has 0 atom stereocenters. The fraction of sp³-hybridized carbons (Fsp3) is 0.250. The van der Waals surface area contributed by atoms with E-state index >= 15 is 0 Å². The number of nitrogens with one attached hydrogen (secondary N) is 1. The maximum atomic E-state index is 12.9. The Morgan fingerprint density at radius 3 is 2.68 bits per heavy atom. The Kier molecular flexibility index (Phi) is 7.18. The van der Waals surface area contributed by atoms with Gasteiger partial charge in [-0.25, -0.2) is 8.42 Å². The SMILES string of the molecule is CCN(Cc1ccc(OCc2cccs2)c(OC)c1)C(=O)CN=C1NS(=O)(=O)c2ccccc21. The minimum Gasteiger partial charge on any atom is -0.493 e. The molecule has 1 N–H and O–H groups in total. The monoisotopic (exact) mass is 499 g/mol. The van der Waals surface area contributed by atoms with Gasteiger partial charge in [-0.3, -0.25) is 14.5 Å². The molecule has 0 bridgehead atoms. The van der Waals surface area contributed by atoms with Crippen molar-refractivity contribution in [3.05, 3.63) is 76.0 Å². The van der Waals surface area contributed by atoms with Crippen molar-refractivity contribution in [1.29, 1.82) is 0 Å². The highest BCUT2D eigenvalue weighted by Gasteiger charge is 2.30. The van der Waals surface area contributed by atoms with Gasteiger partial charge in [0.25, 0.3) is 10.0 Å². The topological polar surface area (TPSA) is 97.3 Å². The number of fused-ring (bicyclic) bond motifs is 1. The van der Waals surface area contributed by atoms with E-state index in [9.17, 15) is 13.2 Å². The lowest BCUT2D eigenvalue weighted by Crippen LogP contribution is -2.33. The summed E-state index contributed by atoms with van der Waals surface area (Å²) in [5.74, 6) is 1.20. The van der Waals surface area contributed by atoms with Crippen LogP contribution in [0.2, 0.25) is 0 Å². The maximum absolute atomic E-state index is 12.9. The van der Waals surface area contributed by atoms with E-state index in [1.165, 1.54) is 6.07 Å². The number of carbonyl (C=O) groups is 1. The number of benzene rings is 2. The third-order valence-corrected chi connectivity index (χ3v) is 7.57. The Morgan fingerprint density at radius 2 is 1.94 bits per heavy atom. The molecule has 0 radical (unpaired) electrons. The molecule has 34 heavy (non-hydrogen) atoms. The molecule has 4 rings (SSSR count). The first-order chi connectivity index (χ1) is 16.4. The first-order valence-corrected chi connectivity index (χ1v) is 13.0. The van der Waals surface area contributed by atoms with Gasteiger partial charge in [0.1, 0.15) is 19.0 Å². The molecule has 0 unspecified atom stereocenters. The van der Waals surface area contributed by atoms with Crippen LogP contribution in [0.25, 0.3) is 0 Å². The van der Waals surface area contributed by atoms with E-state index in [1.807, 2.05) is 42.6 Å². The average molecular weight is 500 g/mol. The fourth-order valence-corrected chi connectivity index (χ4v) is 5.43. The van der Waals surface area contributed by atoms with Crippen LogP contribution in [0, 0.1) is 0 Å². The molecule has 0 fully saturated rings. The standard InChI is InChI=1S/C24H25N3O5S2/c1-3-27(23(28)14-25-24-19-8-4-5-9-22(19)34(29,30)26-24)15-17-10-11-20(21(13-17)31-2)32-16-18-7-6-12-33-18/h4-13H,3,14-16H2,1-2H3,(H,25,26). The maximum Gasteiger partial charge on any atom is 0.263 e. The average Bonchev–Trinajstić information content (AvgIpc) is 3.46. The Morgan fingerprint density at radius 1 is 1.12 bits per heavy atom. The lowest BCUT2D eigenvalue weighted by molar-refractivity contribution is -0.130. The number of aliphatic imine (C=N–C) groups is 1. The Balaban J connectivity index is 1.43. The van der Waals surface area contributed by atoms with Crippen LogP contribution in [0.3, 0.4) is 0 Å². The van der Waals surface area contributed by atoms with E-state index in [4.69, 9.17) is 9.47 Å². The van der Waals surface area contributed by atoms with Crippen LogP contribution in [0.1, 0.15) is 22.9 Å². The quantitative estimate of drug-likeness (QED) is 0.487. The number of sulfonamides is 1. The number of carbonyl (C=O) groups excluding carboxylic acids is 1. The van der Waals surface area contributed by atoms with Gasteiger partial charge in [0.05, 0.1) is 12.0 Å². The van der Waals surface area contributed by atoms with Crippen molar-refractivity contribution in [2.45, 2.75) is 25.0 Å². The molecule has 1 aromatic heterocycles. The Hall–Kier alpha value is -3.37. The molecule has 0 saturated carbocycles. The molecule has 0 aliphatic carbocycles. The second-order valence-electron chi connectivity index (χ2n) is 7.53. The van der Waals surface area contributed by atoms with Crippen LogP contribution in [0.5, 0.6) is 11.5 Å². The van der Waals surface area contributed by atoms with E-state index in [1.54, 1.807) is 41.5 Å². The third-order valence-electron chi connectivity index (χ3n) is 5.32. The second-order valence-corrected chi connectivity index (χ2v) is 10.2. The number of nitrogens with zero attached hydrogens (tertiary/aromatic N) is 2. The Labute approximate surface area is 202 Å². The van der Waals surface area contributed by atoms with Gasteiger partial charge in [-0.05, 0) is 48.2 Å². The second kappa shape index (κ2) is 10.3. The van der Waals surface area contributed by atoms with Gasteiger partial charge in [-0.1, -0.05) is 24.3 Å². The number of methoxy groups -OCH3 is 1. The van der Waals surface area contributed by atoms with Gasteiger partial charge in [0, 0.05) is 23.5 Å². The molecule has 10 heteroatoms. The minimum absolute atomic E-state index is 0.167. The first kappa shape index (κ1) is 23.8. The summed E-state index contributed by atoms with van der Waals surface area (Å²) in [5, 5.41) is 2.00. The van der Waals surface area contributed by atoms with Gasteiger partial charge in [-0.15, -0.1) is 11.3 Å². The number of amidine groups is 1. The number of thiophene rings is 1. The summed E-state index contributed by atoms with van der Waals surface area (Å²) in [6.07, 6.45) is 0. The van der Waals surface area contributed by atoms with Crippen molar-refractivity contribution in [2.75, 3.05) is 20.2 Å². The number of hydrogen-bond acceptors (Lipinski definition) is 7. The molecular formula is C24H25N3O5S2. The van der Waals surface area contributed by atoms with Gasteiger partial charge >= 0.3 is 0 Å². The predicted octanol–water partition coefficient (Wildman–Crippen LogP) is 3.42. The first-order valence-electron chi connectivity index (χ1n) is 10.7. The van der Waals surface area contributed by atoms with E-state index in [-0.39, 0.29) is 23.2 Å². The molecule has 0 spiro atoms. The molecule has 1 aliphatic rings. The number of amides is 1. The van der Waals surface area contributed by atoms with Crippen molar-refractivity contribution >= 4 is 33.1 Å². The van der Waals surface area contributed by atoms with Gasteiger partial charge < -0.3 is 14.4 Å². The van der Waals surface area contributed by atoms with Crippen molar-refractivity contribution in [3.63, 3.8) is 0 Å². The van der Waals surface area contributed by atoms with Crippen LogP contribution in [0.4, 0.5) is 0 Å². The number of hydrogen-bond donors (Lipinski definition) is 1. The Bertz CT molecular complexity index is 1300. The summed E-state index contributed by atoms with van der Waals surface area (Å²) in [5.41, 5.74) is 1.36. The lowest BCUT2D eigenvalue weighted by Gasteiger charge is -2.21. The smallest absolute Gasteiger partial charge is 0.263 e. The number of rotatable bonds is 9. The van der Waals surface area contributed by atoms with Gasteiger partial charge in [0.2, 0.25) is 5.91 Å². The highest BCUT2D eigenvalue weighted by Crippen LogP contribution is 2.30. The lowest BCUT2D eigenvalue weighted by atomic mass is 10.2. The molecule has 0 saturated heterocycles. The molecule has 2 heterocycles. The summed E-state index contributed by atoms with van der Waals surface area (Å²) in [6, 6.07) is 16.1. The van der Waals surface area contributed by atoms with E-state index in [0.29, 0.717) is 36.8 Å². The largest absolute Gasteiger partial charge is 0.493 e. The summed E-state index contributed by atoms with van der Waals surface area (Å²) in [6.45, 7) is 3.02. The zero-order valence-electron chi connectivity index (χ0n) is 18.9. The summed E-state index contributed by atoms with van der Waals surface area (Å²) in [4.78, 5) is 20.0. The van der Waals surface area contributed by atoms with E-state index < -0.39 is 10.0 Å². The van der Waals surface area contributed by atoms with E-state index in [0.717, 1.165) is 10.4 Å². The van der Waals surface area contributed by atoms with Crippen LogP contribution in [-0.4, -0.2) is 45.3 Å². The minimum atomic E-state index is -3.64. The third kappa shape index (κ3) is 5.23. The van der Waals surface area contributed by atoms with Crippen molar-refractivity contribution in [3.8, 4) is 11.5 Å². The van der Waals surface area contributed by atoms with Crippen LogP contribution in [-0.2, 0) is 28.0 Å². The van der Waals surface area contributed by atoms with Crippen molar-refractivity contribution < 1.29 is 22.7 Å². The normalized spacial score (nSPS) is 14.9. The highest BCUT2D eigenvalue weighted by atomic mass is 32.2. The van der Waals surface area contributed by atoms with Crippen molar-refractivity contribution in [2.24, 2.45) is 4.99 Å². The summed E-state index contributed by atoms with van der Waals surface area (Å²) in [7, 11) is -2.06. The molecular weight excluding hydrogens is 474 g/mol. The van der Waals surface area contributed by atoms with Crippen LogP contribution >= 0.6 is 11.3 Å². The summed E-state index contributed by atoms with van der Waals surface area (Å²) >= 11 is 1.62. The van der Waals surface area contributed by atoms with E-state index in [2.05, 4.69) is 9.71 Å². The highest BCUT2D eigenvalue weighted by molar-refractivity contribution is 7.90. The van der Waals surface area contributed by atoms with Crippen LogP contribution in [0.15, 0.2) is 69.9 Å². The number of ether oxygens (including phenoxy) is 2.